The quantitative estimate of drug-likeness (QED) is 0.485. The lowest BCUT2D eigenvalue weighted by atomic mass is 9.97. The molecule has 0 aromatic carbocycles. The Morgan fingerprint density at radius 1 is 0.840 bits per heavy atom. The zero-order valence-corrected chi connectivity index (χ0v) is 15.1. The maximum Gasteiger partial charge on any atom is 0.304 e. The highest BCUT2D eigenvalue weighted by Gasteiger charge is 2.50. The van der Waals surface area contributed by atoms with Gasteiger partial charge < -0.3 is 29.4 Å². The van der Waals surface area contributed by atoms with Crippen LogP contribution in [0.5, 0.6) is 0 Å². The minimum atomic E-state index is -1.26. The second-order valence-corrected chi connectivity index (χ2v) is 5.18. The maximum absolute atomic E-state index is 11.3. The molecule has 0 spiro atoms. The Morgan fingerprint density at radius 2 is 1.32 bits per heavy atom. The van der Waals surface area contributed by atoms with Gasteiger partial charge in [-0.3, -0.25) is 19.2 Å². The third kappa shape index (κ3) is 7.24. The van der Waals surface area contributed by atoms with Crippen molar-refractivity contribution in [1.29, 1.82) is 0 Å². The molecular formula is C14H22ClNO9. The fourth-order valence-corrected chi connectivity index (χ4v) is 2.20. The second-order valence-electron chi connectivity index (χ2n) is 5.18. The van der Waals surface area contributed by atoms with Crippen molar-refractivity contribution in [2.45, 2.75) is 58.3 Å². The molecule has 5 unspecified atom stereocenters. The lowest BCUT2D eigenvalue weighted by Gasteiger charge is -2.42. The summed E-state index contributed by atoms with van der Waals surface area (Å²) in [5.74, 6) is -2.62. The first kappa shape index (κ1) is 23.1. The first-order chi connectivity index (χ1) is 11.1. The largest absolute Gasteiger partial charge is 0.463 e. The maximum atomic E-state index is 11.3. The Labute approximate surface area is 150 Å². The van der Waals surface area contributed by atoms with Crippen molar-refractivity contribution < 1.29 is 42.9 Å². The van der Waals surface area contributed by atoms with Crippen molar-refractivity contribution in [3.8, 4) is 0 Å². The van der Waals surface area contributed by atoms with Crippen LogP contribution in [-0.4, -0.2) is 61.1 Å². The number of carbonyl (C=O) groups is 4. The van der Waals surface area contributed by atoms with Crippen LogP contribution in [-0.2, 0) is 42.9 Å². The van der Waals surface area contributed by atoms with Gasteiger partial charge >= 0.3 is 23.9 Å². The van der Waals surface area contributed by atoms with Crippen LogP contribution in [0.2, 0.25) is 0 Å². The molecule has 0 bridgehead atoms. The van der Waals surface area contributed by atoms with E-state index >= 15 is 0 Å². The van der Waals surface area contributed by atoms with Gasteiger partial charge in [-0.15, -0.1) is 12.4 Å². The molecule has 144 valence electrons. The van der Waals surface area contributed by atoms with E-state index in [1.165, 1.54) is 6.92 Å². The van der Waals surface area contributed by atoms with Crippen LogP contribution >= 0.6 is 12.4 Å². The summed E-state index contributed by atoms with van der Waals surface area (Å²) in [4.78, 5) is 44.9. The topological polar surface area (TPSA) is 140 Å². The number of nitrogens with two attached hydrogens (primary N) is 1. The fraction of sp³-hybridized carbons (Fsp3) is 0.714. The Bertz CT molecular complexity index is 497. The number of carbonyl (C=O) groups excluding carboxylic acids is 4. The van der Waals surface area contributed by atoms with Crippen LogP contribution in [0.15, 0.2) is 0 Å². The molecule has 0 aromatic heterocycles. The molecule has 0 radical (unpaired) electrons. The lowest BCUT2D eigenvalue weighted by Crippen LogP contribution is -2.65. The van der Waals surface area contributed by atoms with E-state index in [4.69, 9.17) is 29.4 Å². The van der Waals surface area contributed by atoms with Crippen molar-refractivity contribution >= 4 is 36.3 Å². The van der Waals surface area contributed by atoms with Crippen LogP contribution in [0, 0.1) is 0 Å². The van der Waals surface area contributed by atoms with E-state index in [0.29, 0.717) is 0 Å². The van der Waals surface area contributed by atoms with Crippen LogP contribution in [0.4, 0.5) is 0 Å². The van der Waals surface area contributed by atoms with E-state index in [1.807, 2.05) is 0 Å². The number of hydrogen-bond donors (Lipinski definition) is 1. The molecule has 1 aliphatic heterocycles. The molecule has 1 saturated heterocycles. The first-order valence-corrected chi connectivity index (χ1v) is 7.18. The predicted molar refractivity (Wildman–Crippen MR) is 83.4 cm³/mol. The monoisotopic (exact) mass is 383 g/mol. The molecule has 0 aliphatic carbocycles. The van der Waals surface area contributed by atoms with Crippen molar-refractivity contribution in [3.05, 3.63) is 0 Å². The molecule has 1 rings (SSSR count). The molecular weight excluding hydrogens is 362 g/mol. The van der Waals surface area contributed by atoms with Gasteiger partial charge in [-0.25, -0.2) is 0 Å². The van der Waals surface area contributed by atoms with Gasteiger partial charge in [0, 0.05) is 27.7 Å². The lowest BCUT2D eigenvalue weighted by molar-refractivity contribution is -0.267. The average Bonchev–Trinajstić information content (AvgIpc) is 2.42. The SMILES string of the molecule is CC(=O)OCC1OC(OC(C)=O)C(N)C(OC(C)=O)C1OC(C)=O.Cl. The van der Waals surface area contributed by atoms with E-state index in [2.05, 4.69) is 0 Å². The normalized spacial score (nSPS) is 28.1. The van der Waals surface area contributed by atoms with Gasteiger partial charge in [0.15, 0.2) is 12.2 Å². The van der Waals surface area contributed by atoms with Gasteiger partial charge in [0.2, 0.25) is 6.29 Å². The number of rotatable bonds is 5. The number of ether oxygens (including phenoxy) is 5. The molecule has 1 heterocycles. The number of esters is 4. The van der Waals surface area contributed by atoms with Crippen LogP contribution in [0.1, 0.15) is 27.7 Å². The van der Waals surface area contributed by atoms with Crippen molar-refractivity contribution in [1.82, 2.24) is 0 Å². The molecule has 5 atom stereocenters. The second kappa shape index (κ2) is 10.2. The van der Waals surface area contributed by atoms with Gasteiger partial charge in [0.05, 0.1) is 0 Å². The predicted octanol–water partition coefficient (Wildman–Crippen LogP) is -0.550. The Morgan fingerprint density at radius 3 is 1.76 bits per heavy atom. The molecule has 1 fully saturated rings. The molecule has 10 nitrogen and oxygen atoms in total. The standard InChI is InChI=1S/C14H21NO9.ClH/c1-6(16)20-5-10-12(21-7(2)17)13(22-8(3)18)11(15)14(24-10)23-9(4)19;/h10-14H,5,15H2,1-4H3;1H. The van der Waals surface area contributed by atoms with Gasteiger partial charge in [0.25, 0.3) is 0 Å². The Kier molecular flexibility index (Phi) is 9.39. The van der Waals surface area contributed by atoms with Crippen LogP contribution < -0.4 is 5.73 Å². The minimum absolute atomic E-state index is 0. The van der Waals surface area contributed by atoms with Crippen molar-refractivity contribution in [3.63, 3.8) is 0 Å². The fourth-order valence-electron chi connectivity index (χ4n) is 2.20. The molecule has 1 aliphatic rings. The zero-order chi connectivity index (χ0) is 18.4. The van der Waals surface area contributed by atoms with E-state index in [0.717, 1.165) is 20.8 Å². The third-order valence-corrected chi connectivity index (χ3v) is 3.03. The molecule has 25 heavy (non-hydrogen) atoms. The van der Waals surface area contributed by atoms with Crippen molar-refractivity contribution in [2.75, 3.05) is 6.61 Å². The molecule has 2 N–H and O–H groups in total. The summed E-state index contributed by atoms with van der Waals surface area (Å²) in [6.07, 6.45) is -4.58. The van der Waals surface area contributed by atoms with Gasteiger partial charge in [-0.1, -0.05) is 0 Å². The van der Waals surface area contributed by atoms with E-state index in [1.54, 1.807) is 0 Å². The number of hydrogen-bond acceptors (Lipinski definition) is 10. The summed E-state index contributed by atoms with van der Waals surface area (Å²) in [6, 6.07) is -1.10. The van der Waals surface area contributed by atoms with Crippen LogP contribution in [0.25, 0.3) is 0 Å². The number of halogens is 1. The summed E-state index contributed by atoms with van der Waals surface area (Å²) in [5.41, 5.74) is 5.93. The highest BCUT2D eigenvalue weighted by Crippen LogP contribution is 2.26. The summed E-state index contributed by atoms with van der Waals surface area (Å²) in [6.45, 7) is 4.32. The summed E-state index contributed by atoms with van der Waals surface area (Å²) in [5, 5.41) is 0. The van der Waals surface area contributed by atoms with Crippen molar-refractivity contribution in [2.24, 2.45) is 5.73 Å². The highest BCUT2D eigenvalue weighted by atomic mass is 35.5. The third-order valence-electron chi connectivity index (χ3n) is 3.03. The highest BCUT2D eigenvalue weighted by molar-refractivity contribution is 5.85. The summed E-state index contributed by atoms with van der Waals surface area (Å²) < 4.78 is 25.5. The van der Waals surface area contributed by atoms with E-state index in [9.17, 15) is 19.2 Å². The van der Waals surface area contributed by atoms with Gasteiger partial charge in [0.1, 0.15) is 18.8 Å². The molecule has 0 aromatic rings. The average molecular weight is 384 g/mol. The van der Waals surface area contributed by atoms with E-state index < -0.39 is 54.5 Å². The first-order valence-electron chi connectivity index (χ1n) is 7.18. The molecule has 11 heteroatoms. The minimum Gasteiger partial charge on any atom is -0.463 e. The Hall–Kier alpha value is -1.91. The van der Waals surface area contributed by atoms with Crippen LogP contribution in [0.3, 0.4) is 0 Å². The van der Waals surface area contributed by atoms with E-state index in [-0.39, 0.29) is 19.0 Å². The Balaban J connectivity index is 0.00000576. The smallest absolute Gasteiger partial charge is 0.304 e. The summed E-state index contributed by atoms with van der Waals surface area (Å²) >= 11 is 0. The molecule has 0 saturated carbocycles. The van der Waals surface area contributed by atoms with Gasteiger partial charge in [-0.2, -0.15) is 0 Å². The summed E-state index contributed by atoms with van der Waals surface area (Å²) in [7, 11) is 0. The molecule has 0 amide bonds. The zero-order valence-electron chi connectivity index (χ0n) is 14.3. The van der Waals surface area contributed by atoms with Gasteiger partial charge in [-0.05, 0) is 0 Å².